The largest absolute Gasteiger partial charge is 0.377 e. The predicted molar refractivity (Wildman–Crippen MR) is 67.5 cm³/mol. The molecule has 0 radical (unpaired) electrons. The minimum atomic E-state index is 0.464. The zero-order chi connectivity index (χ0) is 11.5. The predicted octanol–water partition coefficient (Wildman–Crippen LogP) is 2.97. The first kappa shape index (κ1) is 12.4. The van der Waals surface area contributed by atoms with Crippen molar-refractivity contribution in [1.82, 2.24) is 5.32 Å². The van der Waals surface area contributed by atoms with Crippen LogP contribution < -0.4 is 5.32 Å². The van der Waals surface area contributed by atoms with Crippen molar-refractivity contribution in [2.45, 2.75) is 71.1 Å². The van der Waals surface area contributed by atoms with Gasteiger partial charge in [-0.05, 0) is 50.9 Å². The average molecular weight is 225 g/mol. The van der Waals surface area contributed by atoms with Gasteiger partial charge in [0, 0.05) is 18.7 Å². The number of rotatable bonds is 3. The van der Waals surface area contributed by atoms with Crippen molar-refractivity contribution in [2.75, 3.05) is 6.61 Å². The molecule has 2 heteroatoms. The van der Waals surface area contributed by atoms with Gasteiger partial charge in [0.15, 0.2) is 0 Å². The van der Waals surface area contributed by atoms with Crippen molar-refractivity contribution >= 4 is 0 Å². The lowest BCUT2D eigenvalue weighted by atomic mass is 9.79. The highest BCUT2D eigenvalue weighted by Crippen LogP contribution is 2.29. The topological polar surface area (TPSA) is 21.3 Å². The van der Waals surface area contributed by atoms with E-state index in [-0.39, 0.29) is 0 Å². The monoisotopic (exact) mass is 225 g/mol. The Bertz CT molecular complexity index is 213. The van der Waals surface area contributed by atoms with Gasteiger partial charge in [-0.3, -0.25) is 0 Å². The van der Waals surface area contributed by atoms with E-state index in [0.29, 0.717) is 12.1 Å². The van der Waals surface area contributed by atoms with Crippen LogP contribution in [0.5, 0.6) is 0 Å². The van der Waals surface area contributed by atoms with Crippen molar-refractivity contribution in [3.63, 3.8) is 0 Å². The molecular formula is C14H27NO. The Morgan fingerprint density at radius 2 is 2.00 bits per heavy atom. The molecule has 0 aromatic rings. The molecule has 1 saturated heterocycles. The second kappa shape index (κ2) is 5.50. The van der Waals surface area contributed by atoms with Crippen molar-refractivity contribution in [3.05, 3.63) is 0 Å². The molecule has 5 unspecified atom stereocenters. The van der Waals surface area contributed by atoms with Crippen LogP contribution in [0.3, 0.4) is 0 Å². The molecule has 1 heterocycles. The van der Waals surface area contributed by atoms with E-state index in [4.69, 9.17) is 4.74 Å². The first-order chi connectivity index (χ1) is 7.66. The lowest BCUT2D eigenvalue weighted by Gasteiger charge is -2.36. The number of hydrogen-bond donors (Lipinski definition) is 1. The van der Waals surface area contributed by atoms with Crippen LogP contribution in [0.2, 0.25) is 0 Å². The summed E-state index contributed by atoms with van der Waals surface area (Å²) in [5, 5.41) is 3.81. The quantitative estimate of drug-likeness (QED) is 0.797. The van der Waals surface area contributed by atoms with Crippen LogP contribution in [0, 0.1) is 11.8 Å². The maximum Gasteiger partial charge on any atom is 0.0726 e. The summed E-state index contributed by atoms with van der Waals surface area (Å²) in [6.07, 6.45) is 7.07. The van der Waals surface area contributed by atoms with E-state index in [0.717, 1.165) is 24.5 Å². The Morgan fingerprint density at radius 1 is 1.19 bits per heavy atom. The summed E-state index contributed by atoms with van der Waals surface area (Å²) in [6, 6.07) is 1.25. The molecule has 0 bridgehead atoms. The summed E-state index contributed by atoms with van der Waals surface area (Å²) in [5.74, 6) is 1.75. The summed E-state index contributed by atoms with van der Waals surface area (Å²) in [4.78, 5) is 0. The highest BCUT2D eigenvalue weighted by molar-refractivity contribution is 4.86. The second-order valence-electron chi connectivity index (χ2n) is 6.01. The zero-order valence-electron chi connectivity index (χ0n) is 11.0. The molecule has 1 aliphatic carbocycles. The van der Waals surface area contributed by atoms with Gasteiger partial charge in [0.2, 0.25) is 0 Å². The lowest BCUT2D eigenvalue weighted by molar-refractivity contribution is 0.0716. The normalized spacial score (nSPS) is 42.2. The van der Waals surface area contributed by atoms with Gasteiger partial charge in [-0.2, -0.15) is 0 Å². The Hall–Kier alpha value is -0.0800. The number of ether oxygens (including phenoxy) is 1. The van der Waals surface area contributed by atoms with Crippen molar-refractivity contribution in [1.29, 1.82) is 0 Å². The third-order valence-electron chi connectivity index (χ3n) is 4.43. The van der Waals surface area contributed by atoms with Crippen LogP contribution >= 0.6 is 0 Å². The molecule has 0 amide bonds. The van der Waals surface area contributed by atoms with E-state index >= 15 is 0 Å². The molecule has 0 aromatic heterocycles. The molecule has 1 saturated carbocycles. The third-order valence-corrected chi connectivity index (χ3v) is 4.43. The standard InChI is InChI=1S/C14H27NO/c1-10-6-7-13(11(2)9-10)15-12(3)14-5-4-8-16-14/h10-15H,4-9H2,1-3H3. The van der Waals surface area contributed by atoms with Gasteiger partial charge in [-0.15, -0.1) is 0 Å². The molecule has 0 aromatic carbocycles. The van der Waals surface area contributed by atoms with Gasteiger partial charge < -0.3 is 10.1 Å². The maximum absolute atomic E-state index is 5.75. The molecule has 0 spiro atoms. The molecule has 16 heavy (non-hydrogen) atoms. The van der Waals surface area contributed by atoms with E-state index in [2.05, 4.69) is 26.1 Å². The maximum atomic E-state index is 5.75. The SMILES string of the molecule is CC1CCC(NC(C)C2CCCO2)C(C)C1. The average Bonchev–Trinajstić information content (AvgIpc) is 2.75. The third kappa shape index (κ3) is 2.98. The number of hydrogen-bond acceptors (Lipinski definition) is 2. The minimum Gasteiger partial charge on any atom is -0.377 e. The van der Waals surface area contributed by atoms with E-state index in [1.807, 2.05) is 0 Å². The van der Waals surface area contributed by atoms with Crippen LogP contribution in [-0.4, -0.2) is 24.8 Å². The summed E-state index contributed by atoms with van der Waals surface area (Å²) >= 11 is 0. The minimum absolute atomic E-state index is 0.464. The van der Waals surface area contributed by atoms with Crippen LogP contribution in [0.4, 0.5) is 0 Å². The van der Waals surface area contributed by atoms with E-state index in [9.17, 15) is 0 Å². The molecule has 1 N–H and O–H groups in total. The molecule has 1 aliphatic heterocycles. The first-order valence-electron chi connectivity index (χ1n) is 7.04. The summed E-state index contributed by atoms with van der Waals surface area (Å²) < 4.78 is 5.75. The molecular weight excluding hydrogens is 198 g/mol. The first-order valence-corrected chi connectivity index (χ1v) is 7.04. The van der Waals surface area contributed by atoms with E-state index in [1.54, 1.807) is 0 Å². The molecule has 2 nitrogen and oxygen atoms in total. The molecule has 2 rings (SSSR count). The Kier molecular flexibility index (Phi) is 4.26. The molecule has 5 atom stereocenters. The number of nitrogens with one attached hydrogen (secondary N) is 1. The van der Waals surface area contributed by atoms with E-state index < -0.39 is 0 Å². The Morgan fingerprint density at radius 3 is 2.62 bits per heavy atom. The highest BCUT2D eigenvalue weighted by atomic mass is 16.5. The van der Waals surface area contributed by atoms with Crippen molar-refractivity contribution in [3.8, 4) is 0 Å². The molecule has 2 fully saturated rings. The zero-order valence-corrected chi connectivity index (χ0v) is 11.0. The van der Waals surface area contributed by atoms with Gasteiger partial charge in [0.1, 0.15) is 0 Å². The van der Waals surface area contributed by atoms with Crippen LogP contribution in [-0.2, 0) is 4.74 Å². The Labute approximate surface area is 100 Å². The van der Waals surface area contributed by atoms with Crippen molar-refractivity contribution in [2.24, 2.45) is 11.8 Å². The van der Waals surface area contributed by atoms with Crippen LogP contribution in [0.25, 0.3) is 0 Å². The summed E-state index contributed by atoms with van der Waals surface area (Å²) in [5.41, 5.74) is 0. The second-order valence-corrected chi connectivity index (χ2v) is 6.01. The van der Waals surface area contributed by atoms with Gasteiger partial charge in [-0.1, -0.05) is 13.8 Å². The highest BCUT2D eigenvalue weighted by Gasteiger charge is 2.29. The Balaban J connectivity index is 1.79. The van der Waals surface area contributed by atoms with Crippen LogP contribution in [0.1, 0.15) is 52.9 Å². The van der Waals surface area contributed by atoms with Crippen LogP contribution in [0.15, 0.2) is 0 Å². The fourth-order valence-corrected chi connectivity index (χ4v) is 3.35. The molecule has 2 aliphatic rings. The molecule has 94 valence electrons. The fourth-order valence-electron chi connectivity index (χ4n) is 3.35. The fraction of sp³-hybridized carbons (Fsp3) is 1.00. The van der Waals surface area contributed by atoms with Gasteiger partial charge in [-0.25, -0.2) is 0 Å². The van der Waals surface area contributed by atoms with E-state index in [1.165, 1.54) is 32.1 Å². The van der Waals surface area contributed by atoms with Gasteiger partial charge in [0.25, 0.3) is 0 Å². The summed E-state index contributed by atoms with van der Waals surface area (Å²) in [6.45, 7) is 8.04. The summed E-state index contributed by atoms with van der Waals surface area (Å²) in [7, 11) is 0. The smallest absolute Gasteiger partial charge is 0.0726 e. The van der Waals surface area contributed by atoms with Crippen molar-refractivity contribution < 1.29 is 4.74 Å². The van der Waals surface area contributed by atoms with Gasteiger partial charge in [0.05, 0.1) is 6.10 Å². The van der Waals surface area contributed by atoms with Gasteiger partial charge >= 0.3 is 0 Å². The lowest BCUT2D eigenvalue weighted by Crippen LogP contribution is -2.47.